The van der Waals surface area contributed by atoms with E-state index < -0.39 is 23.1 Å². The topological polar surface area (TPSA) is 76.1 Å². The van der Waals surface area contributed by atoms with E-state index in [4.69, 9.17) is 4.74 Å². The molecule has 26 heavy (non-hydrogen) atoms. The highest BCUT2D eigenvalue weighted by atomic mass is 32.2. The van der Waals surface area contributed by atoms with Crippen LogP contribution in [0, 0.1) is 5.92 Å². The molecule has 1 aliphatic rings. The Bertz CT molecular complexity index is 451. The second kappa shape index (κ2) is 9.13. The van der Waals surface area contributed by atoms with Crippen molar-refractivity contribution in [3.8, 4) is 0 Å². The summed E-state index contributed by atoms with van der Waals surface area (Å²) < 4.78 is 20.0. The van der Waals surface area contributed by atoms with Gasteiger partial charge in [-0.2, -0.15) is 0 Å². The van der Waals surface area contributed by atoms with Crippen molar-refractivity contribution in [2.75, 3.05) is 19.6 Å². The number of hydrogen-bond donors (Lipinski definition) is 1. The number of carbonyl (C=O) groups is 1. The first kappa shape index (κ1) is 23.5. The number of aliphatic hydroxyl groups is 1. The largest absolute Gasteiger partial charge is 0.597 e. The molecule has 0 saturated carbocycles. The van der Waals surface area contributed by atoms with Crippen LogP contribution in [0.5, 0.6) is 0 Å². The summed E-state index contributed by atoms with van der Waals surface area (Å²) in [6.07, 6.45) is 0.893. The van der Waals surface area contributed by atoms with Crippen LogP contribution >= 0.6 is 0 Å². The van der Waals surface area contributed by atoms with Crippen LogP contribution < -0.4 is 0 Å². The molecule has 0 aromatic rings. The Morgan fingerprint density at radius 3 is 2.12 bits per heavy atom. The predicted molar refractivity (Wildman–Crippen MR) is 106 cm³/mol. The lowest BCUT2D eigenvalue weighted by atomic mass is 9.90. The highest BCUT2D eigenvalue weighted by molar-refractivity contribution is 7.90. The molecule has 0 spiro atoms. The number of hydrogen-bond acceptors (Lipinski definition) is 5. The highest BCUT2D eigenvalue weighted by Gasteiger charge is 2.40. The van der Waals surface area contributed by atoms with Gasteiger partial charge in [0.05, 0.1) is 18.7 Å². The van der Waals surface area contributed by atoms with E-state index in [1.165, 1.54) is 0 Å². The van der Waals surface area contributed by atoms with Crippen molar-refractivity contribution in [2.24, 2.45) is 5.92 Å². The zero-order valence-electron chi connectivity index (χ0n) is 17.7. The third kappa shape index (κ3) is 7.25. The molecule has 1 saturated heterocycles. The highest BCUT2D eigenvalue weighted by Crippen LogP contribution is 2.30. The van der Waals surface area contributed by atoms with E-state index >= 15 is 0 Å². The maximum absolute atomic E-state index is 13.0. The minimum absolute atomic E-state index is 0.0745. The van der Waals surface area contributed by atoms with Gasteiger partial charge in [-0.15, -0.1) is 4.31 Å². The lowest BCUT2D eigenvalue weighted by molar-refractivity contribution is 0.0151. The van der Waals surface area contributed by atoms with Gasteiger partial charge in [-0.3, -0.25) is 0 Å². The van der Waals surface area contributed by atoms with Crippen molar-refractivity contribution in [3.05, 3.63) is 0 Å². The van der Waals surface area contributed by atoms with Gasteiger partial charge in [-0.1, -0.05) is 0 Å². The molecule has 6 nitrogen and oxygen atoms in total. The second-order valence-corrected chi connectivity index (χ2v) is 11.5. The van der Waals surface area contributed by atoms with Gasteiger partial charge in [0.15, 0.2) is 0 Å². The fourth-order valence-electron chi connectivity index (χ4n) is 3.12. The van der Waals surface area contributed by atoms with Gasteiger partial charge in [0.25, 0.3) is 0 Å². The molecule has 1 rings (SSSR count). The van der Waals surface area contributed by atoms with Crippen molar-refractivity contribution in [2.45, 2.75) is 90.7 Å². The van der Waals surface area contributed by atoms with Crippen molar-refractivity contribution < 1.29 is 19.2 Å². The van der Waals surface area contributed by atoms with E-state index in [-0.39, 0.29) is 16.9 Å². The number of piperidine rings is 1. The second-order valence-electron chi connectivity index (χ2n) is 9.36. The molecule has 1 unspecified atom stereocenters. The zero-order valence-corrected chi connectivity index (χ0v) is 18.6. The maximum atomic E-state index is 13.0. The summed E-state index contributed by atoms with van der Waals surface area (Å²) in [7, 11) is 0. The van der Waals surface area contributed by atoms with Crippen LogP contribution in [0.3, 0.4) is 0 Å². The van der Waals surface area contributed by atoms with E-state index in [0.29, 0.717) is 25.6 Å². The molecular weight excluding hydrogens is 352 g/mol. The molecule has 1 N–H and O–H groups in total. The SMILES string of the molecule is CC(O)CN([C@@H](C)C1CCN(C(=O)OC(C)(C)C)CC1)[S@@+]([O-])C(C)(C)C. The number of likely N-dealkylation sites (tertiary alicyclic amines) is 1. The van der Waals surface area contributed by atoms with E-state index in [1.54, 1.807) is 11.8 Å². The molecule has 1 amide bonds. The Balaban J connectivity index is 2.72. The number of amides is 1. The number of aliphatic hydroxyl groups excluding tert-OH is 1. The molecule has 154 valence electrons. The van der Waals surface area contributed by atoms with Crippen LogP contribution in [0.1, 0.15) is 68.2 Å². The molecule has 0 radical (unpaired) electrons. The molecular formula is C19H38N2O4S. The van der Waals surface area contributed by atoms with Crippen LogP contribution in [-0.2, 0) is 16.1 Å². The number of nitrogens with zero attached hydrogens (tertiary/aromatic N) is 2. The Hall–Kier alpha value is -0.500. The van der Waals surface area contributed by atoms with E-state index in [9.17, 15) is 14.5 Å². The first-order valence-corrected chi connectivity index (χ1v) is 10.7. The summed E-state index contributed by atoms with van der Waals surface area (Å²) in [6.45, 7) is 17.0. The van der Waals surface area contributed by atoms with Crippen molar-refractivity contribution in [1.29, 1.82) is 0 Å². The van der Waals surface area contributed by atoms with Gasteiger partial charge >= 0.3 is 6.09 Å². The Labute approximate surface area is 162 Å². The van der Waals surface area contributed by atoms with Crippen LogP contribution in [0.15, 0.2) is 0 Å². The third-order valence-corrected chi connectivity index (χ3v) is 6.46. The number of carbonyl (C=O) groups excluding carboxylic acids is 1. The van der Waals surface area contributed by atoms with E-state index in [0.717, 1.165) is 12.8 Å². The maximum Gasteiger partial charge on any atom is 0.410 e. The third-order valence-electron chi connectivity index (χ3n) is 4.51. The minimum atomic E-state index is -1.19. The number of rotatable bonds is 5. The van der Waals surface area contributed by atoms with Crippen molar-refractivity contribution >= 4 is 17.5 Å². The monoisotopic (exact) mass is 390 g/mol. The minimum Gasteiger partial charge on any atom is -0.597 e. The summed E-state index contributed by atoms with van der Waals surface area (Å²) in [5.74, 6) is 0.332. The lowest BCUT2D eigenvalue weighted by Gasteiger charge is -2.42. The molecule has 7 heteroatoms. The smallest absolute Gasteiger partial charge is 0.410 e. The summed E-state index contributed by atoms with van der Waals surface area (Å²) >= 11 is -1.19. The fourth-order valence-corrected chi connectivity index (χ4v) is 4.65. The average Bonchev–Trinajstić information content (AvgIpc) is 2.48. The standard InChI is InChI=1S/C19H38N2O4S/c1-14(22)13-21(26(24)19(6,7)8)15(2)16-9-11-20(12-10-16)17(23)25-18(3,4)5/h14-16,22H,9-13H2,1-8H3/t14?,15-,26-/m0/s1. The van der Waals surface area contributed by atoms with Crippen LogP contribution in [0.25, 0.3) is 0 Å². The molecule has 0 aliphatic carbocycles. The van der Waals surface area contributed by atoms with Gasteiger partial charge in [0.2, 0.25) is 0 Å². The molecule has 0 aromatic heterocycles. The van der Waals surface area contributed by atoms with Crippen LogP contribution in [-0.4, -0.2) is 67.1 Å². The molecule has 1 aliphatic heterocycles. The number of ether oxygens (including phenoxy) is 1. The Kier molecular flexibility index (Phi) is 8.26. The lowest BCUT2D eigenvalue weighted by Crippen LogP contribution is -2.53. The quantitative estimate of drug-likeness (QED) is 0.730. The summed E-state index contributed by atoms with van der Waals surface area (Å²) in [6, 6.07) is 0.0745. The molecule has 0 aromatic carbocycles. The van der Waals surface area contributed by atoms with Gasteiger partial charge in [-0.05, 0) is 74.1 Å². The molecule has 3 atom stereocenters. The van der Waals surface area contributed by atoms with Gasteiger partial charge < -0.3 is 19.3 Å². The first-order chi connectivity index (χ1) is 11.7. The summed E-state index contributed by atoms with van der Waals surface area (Å²) in [5, 5.41) is 9.86. The average molecular weight is 391 g/mol. The van der Waals surface area contributed by atoms with Crippen molar-refractivity contribution in [1.82, 2.24) is 9.21 Å². The summed E-state index contributed by atoms with van der Waals surface area (Å²) in [4.78, 5) is 14.0. The normalized spacial score (nSPS) is 20.8. The van der Waals surface area contributed by atoms with Gasteiger partial charge in [-0.25, -0.2) is 4.79 Å². The first-order valence-electron chi connectivity index (χ1n) is 9.57. The Morgan fingerprint density at radius 2 is 1.73 bits per heavy atom. The van der Waals surface area contributed by atoms with Gasteiger partial charge in [0.1, 0.15) is 10.3 Å². The van der Waals surface area contributed by atoms with E-state index in [2.05, 4.69) is 6.92 Å². The fraction of sp³-hybridized carbons (Fsp3) is 0.947. The molecule has 0 bridgehead atoms. The van der Waals surface area contributed by atoms with Crippen molar-refractivity contribution in [3.63, 3.8) is 0 Å². The Morgan fingerprint density at radius 1 is 1.23 bits per heavy atom. The van der Waals surface area contributed by atoms with Crippen LogP contribution in [0.4, 0.5) is 4.79 Å². The molecule has 1 heterocycles. The van der Waals surface area contributed by atoms with E-state index in [1.807, 2.05) is 45.8 Å². The predicted octanol–water partition coefficient (Wildman–Crippen LogP) is 3.17. The summed E-state index contributed by atoms with van der Waals surface area (Å²) in [5.41, 5.74) is -0.487. The van der Waals surface area contributed by atoms with Crippen LogP contribution in [0.2, 0.25) is 0 Å². The van der Waals surface area contributed by atoms with Gasteiger partial charge in [0, 0.05) is 24.5 Å². The molecule has 1 fully saturated rings. The zero-order chi connectivity index (χ0) is 20.3.